The lowest BCUT2D eigenvalue weighted by molar-refractivity contribution is -0.0247. The molecule has 2 rings (SSSR count). The zero-order valence-electron chi connectivity index (χ0n) is 8.35. The van der Waals surface area contributed by atoms with Gasteiger partial charge in [-0.2, -0.15) is 0 Å². The van der Waals surface area contributed by atoms with Gasteiger partial charge in [0.05, 0.1) is 16.3 Å². The molecule has 0 spiro atoms. The second-order valence-corrected chi connectivity index (χ2v) is 4.78. The first-order valence-corrected chi connectivity index (χ1v) is 5.97. The average Bonchev–Trinajstić information content (AvgIpc) is 2.71. The molecule has 88 valence electrons. The van der Waals surface area contributed by atoms with Crippen LogP contribution in [-0.4, -0.2) is 27.4 Å². The van der Waals surface area contributed by atoms with E-state index in [1.165, 1.54) is 10.8 Å². The molecule has 2 heterocycles. The van der Waals surface area contributed by atoms with Gasteiger partial charge in [0.1, 0.15) is 6.23 Å². The molecule has 0 bridgehead atoms. The van der Waals surface area contributed by atoms with Crippen molar-refractivity contribution >= 4 is 22.6 Å². The Balaban J connectivity index is 2.32. The van der Waals surface area contributed by atoms with Crippen LogP contribution in [0.2, 0.25) is 0 Å². The van der Waals surface area contributed by atoms with Crippen LogP contribution in [0.5, 0.6) is 0 Å². The van der Waals surface area contributed by atoms with Gasteiger partial charge in [-0.05, 0) is 35.4 Å². The zero-order valence-corrected chi connectivity index (χ0v) is 10.5. The summed E-state index contributed by atoms with van der Waals surface area (Å²) in [5.41, 5.74) is -0.868. The summed E-state index contributed by atoms with van der Waals surface area (Å²) in [5, 5.41) is 8.93. The van der Waals surface area contributed by atoms with E-state index in [1.54, 1.807) is 0 Å². The third-order valence-electron chi connectivity index (χ3n) is 2.52. The van der Waals surface area contributed by atoms with Gasteiger partial charge < -0.3 is 9.84 Å². The summed E-state index contributed by atoms with van der Waals surface area (Å²) in [7, 11) is 0. The fourth-order valence-corrected chi connectivity index (χ4v) is 2.14. The first-order valence-electron chi connectivity index (χ1n) is 4.89. The number of H-pyrrole nitrogens is 1. The minimum atomic E-state index is -0.478. The third kappa shape index (κ3) is 2.20. The highest BCUT2D eigenvalue weighted by Gasteiger charge is 2.26. The van der Waals surface area contributed by atoms with Gasteiger partial charge in [0.2, 0.25) is 0 Å². The van der Waals surface area contributed by atoms with Gasteiger partial charge >= 0.3 is 5.69 Å². The molecule has 0 saturated carbocycles. The van der Waals surface area contributed by atoms with Crippen LogP contribution in [-0.2, 0) is 4.74 Å². The van der Waals surface area contributed by atoms with E-state index >= 15 is 0 Å². The van der Waals surface area contributed by atoms with Gasteiger partial charge in [0, 0.05) is 6.20 Å². The normalized spacial score (nSPS) is 24.9. The van der Waals surface area contributed by atoms with E-state index in [-0.39, 0.29) is 12.7 Å². The predicted octanol–water partition coefficient (Wildman–Crippen LogP) is -0.189. The average molecular weight is 338 g/mol. The molecule has 0 amide bonds. The highest BCUT2D eigenvalue weighted by atomic mass is 127. The van der Waals surface area contributed by atoms with Crippen molar-refractivity contribution in [2.45, 2.75) is 25.2 Å². The van der Waals surface area contributed by atoms with Crippen molar-refractivity contribution in [3.8, 4) is 0 Å². The molecule has 0 aliphatic carbocycles. The van der Waals surface area contributed by atoms with Crippen molar-refractivity contribution in [2.75, 3.05) is 6.61 Å². The maximum absolute atomic E-state index is 11.5. The lowest BCUT2D eigenvalue weighted by Crippen LogP contribution is -2.33. The van der Waals surface area contributed by atoms with E-state index in [0.29, 0.717) is 16.4 Å². The molecule has 1 aromatic rings. The fourth-order valence-electron chi connectivity index (χ4n) is 1.70. The fraction of sp³-hybridized carbons (Fsp3) is 0.556. The van der Waals surface area contributed by atoms with Crippen LogP contribution in [0.1, 0.15) is 19.1 Å². The number of aliphatic hydroxyl groups is 1. The minimum absolute atomic E-state index is 0.0499. The molecule has 7 heteroatoms. The number of aromatic nitrogens is 2. The van der Waals surface area contributed by atoms with Crippen molar-refractivity contribution in [3.05, 3.63) is 30.6 Å². The molecule has 6 nitrogen and oxygen atoms in total. The molecule has 2 atom stereocenters. The monoisotopic (exact) mass is 338 g/mol. The van der Waals surface area contributed by atoms with Crippen LogP contribution in [0.3, 0.4) is 0 Å². The molecule has 1 aliphatic heterocycles. The standard InChI is InChI=1S/C9H11IN2O4/c10-6-3-12(9(15)11-8(6)14)7-2-1-5(4-13)16-7/h3,5,7,13H,1-2,4H2,(H,11,14,15)/t5-,7?/m0/s1. The Morgan fingerprint density at radius 2 is 2.31 bits per heavy atom. The molecule has 1 aliphatic rings. The number of aromatic amines is 1. The molecule has 0 aromatic carbocycles. The summed E-state index contributed by atoms with van der Waals surface area (Å²) >= 11 is 1.86. The van der Waals surface area contributed by atoms with Crippen molar-refractivity contribution in [1.29, 1.82) is 0 Å². The summed E-state index contributed by atoms with van der Waals surface area (Å²) in [4.78, 5) is 24.9. The van der Waals surface area contributed by atoms with Crippen LogP contribution in [0, 0.1) is 3.57 Å². The number of hydrogen-bond acceptors (Lipinski definition) is 4. The van der Waals surface area contributed by atoms with Crippen molar-refractivity contribution < 1.29 is 9.84 Å². The van der Waals surface area contributed by atoms with Gasteiger partial charge in [0.15, 0.2) is 0 Å². The first kappa shape index (κ1) is 11.8. The summed E-state index contributed by atoms with van der Waals surface area (Å²) in [6.45, 7) is -0.0499. The molecule has 1 unspecified atom stereocenters. The molecule has 1 aromatic heterocycles. The minimum Gasteiger partial charge on any atom is -0.394 e. The van der Waals surface area contributed by atoms with E-state index in [4.69, 9.17) is 9.84 Å². The Labute approximate surface area is 104 Å². The van der Waals surface area contributed by atoms with Crippen LogP contribution >= 0.6 is 22.6 Å². The van der Waals surface area contributed by atoms with E-state index in [0.717, 1.165) is 0 Å². The predicted molar refractivity (Wildman–Crippen MR) is 64.3 cm³/mol. The Hall–Kier alpha value is -0.670. The summed E-state index contributed by atoms with van der Waals surface area (Å²) in [6.07, 6.45) is 2.24. The first-order chi connectivity index (χ1) is 7.61. The highest BCUT2D eigenvalue weighted by Crippen LogP contribution is 2.26. The van der Waals surface area contributed by atoms with Gasteiger partial charge in [0.25, 0.3) is 5.56 Å². The topological polar surface area (TPSA) is 84.3 Å². The van der Waals surface area contributed by atoms with Crippen molar-refractivity contribution in [1.82, 2.24) is 9.55 Å². The number of rotatable bonds is 2. The summed E-state index contributed by atoms with van der Waals surface area (Å²) < 4.78 is 7.26. The summed E-state index contributed by atoms with van der Waals surface area (Å²) in [5.74, 6) is 0. The number of ether oxygens (including phenoxy) is 1. The highest BCUT2D eigenvalue weighted by molar-refractivity contribution is 14.1. The molecule has 1 saturated heterocycles. The maximum atomic E-state index is 11.5. The second kappa shape index (κ2) is 4.68. The molecular weight excluding hydrogens is 327 g/mol. The number of nitrogens with one attached hydrogen (secondary N) is 1. The lowest BCUT2D eigenvalue weighted by atomic mass is 10.2. The Bertz CT molecular complexity index is 495. The lowest BCUT2D eigenvalue weighted by Gasteiger charge is -2.14. The summed E-state index contributed by atoms with van der Waals surface area (Å²) in [6, 6.07) is 0. The van der Waals surface area contributed by atoms with Crippen LogP contribution < -0.4 is 11.2 Å². The number of halogens is 1. The van der Waals surface area contributed by atoms with E-state index in [1.807, 2.05) is 22.6 Å². The number of nitrogens with zero attached hydrogens (tertiary/aromatic N) is 1. The molecule has 16 heavy (non-hydrogen) atoms. The second-order valence-electron chi connectivity index (χ2n) is 3.62. The smallest absolute Gasteiger partial charge is 0.330 e. The van der Waals surface area contributed by atoms with Crippen LogP contribution in [0.15, 0.2) is 15.8 Å². The SMILES string of the molecule is O=c1[nH]c(=O)n(C2CC[C@@H](CO)O2)cc1I. The largest absolute Gasteiger partial charge is 0.394 e. The van der Waals surface area contributed by atoms with Gasteiger partial charge in [-0.25, -0.2) is 4.79 Å². The van der Waals surface area contributed by atoms with Crippen LogP contribution in [0.4, 0.5) is 0 Å². The van der Waals surface area contributed by atoms with Gasteiger partial charge in [-0.3, -0.25) is 14.3 Å². The van der Waals surface area contributed by atoms with Gasteiger partial charge in [-0.15, -0.1) is 0 Å². The van der Waals surface area contributed by atoms with Crippen molar-refractivity contribution in [3.63, 3.8) is 0 Å². The third-order valence-corrected chi connectivity index (χ3v) is 3.29. The van der Waals surface area contributed by atoms with Gasteiger partial charge in [-0.1, -0.05) is 0 Å². The Kier molecular flexibility index (Phi) is 3.45. The van der Waals surface area contributed by atoms with Crippen LogP contribution in [0.25, 0.3) is 0 Å². The molecular formula is C9H11IN2O4. The molecule has 1 fully saturated rings. The quantitative estimate of drug-likeness (QED) is 0.733. The van der Waals surface area contributed by atoms with E-state index < -0.39 is 17.5 Å². The zero-order chi connectivity index (χ0) is 11.7. The Morgan fingerprint density at radius 1 is 1.56 bits per heavy atom. The van der Waals surface area contributed by atoms with E-state index in [2.05, 4.69) is 4.98 Å². The maximum Gasteiger partial charge on any atom is 0.330 e. The Morgan fingerprint density at radius 3 is 2.94 bits per heavy atom. The van der Waals surface area contributed by atoms with Crippen molar-refractivity contribution in [2.24, 2.45) is 0 Å². The molecule has 2 N–H and O–H groups in total. The number of hydrogen-bond donors (Lipinski definition) is 2. The number of aliphatic hydroxyl groups excluding tert-OH is 1. The molecule has 0 radical (unpaired) electrons. The van der Waals surface area contributed by atoms with E-state index in [9.17, 15) is 9.59 Å².